The van der Waals surface area contributed by atoms with Crippen LogP contribution in [-0.2, 0) is 22.6 Å². The number of carbonyl (C=O) groups excluding carboxylic acids is 2. The highest BCUT2D eigenvalue weighted by molar-refractivity contribution is 5.78. The molecule has 2 rings (SSSR count). The maximum atomic E-state index is 12.1. The molecule has 0 saturated heterocycles. The minimum absolute atomic E-state index is 0.00783. The second-order valence-electron chi connectivity index (χ2n) is 5.30. The fraction of sp³-hybridized carbons (Fsp3) is 0.222. The van der Waals surface area contributed by atoms with Crippen LogP contribution in [0.5, 0.6) is 5.75 Å². The van der Waals surface area contributed by atoms with Gasteiger partial charge in [0, 0.05) is 0 Å². The lowest BCUT2D eigenvalue weighted by atomic mass is 10.1. The SMILES string of the molecule is O=C(NC(Cc1ccc(OC(F)F)cc1)C(=O)[O-])OCc1ccccc1. The highest BCUT2D eigenvalue weighted by Gasteiger charge is 2.15. The molecule has 2 aromatic rings. The molecule has 0 saturated carbocycles. The van der Waals surface area contributed by atoms with E-state index in [2.05, 4.69) is 10.1 Å². The van der Waals surface area contributed by atoms with Crippen LogP contribution >= 0.6 is 0 Å². The van der Waals surface area contributed by atoms with Gasteiger partial charge < -0.3 is 24.7 Å². The number of carbonyl (C=O) groups is 2. The average Bonchev–Trinajstić information content (AvgIpc) is 2.61. The first kappa shape index (κ1) is 19.2. The molecule has 0 fully saturated rings. The van der Waals surface area contributed by atoms with Gasteiger partial charge in [-0.2, -0.15) is 8.78 Å². The van der Waals surface area contributed by atoms with E-state index in [1.807, 2.05) is 6.07 Å². The third-order valence-corrected chi connectivity index (χ3v) is 3.38. The van der Waals surface area contributed by atoms with Crippen molar-refractivity contribution in [1.82, 2.24) is 5.32 Å². The Hall–Kier alpha value is -3.16. The summed E-state index contributed by atoms with van der Waals surface area (Å²) in [5.74, 6) is -1.54. The molecule has 2 aromatic carbocycles. The fourth-order valence-electron chi connectivity index (χ4n) is 2.14. The normalized spacial score (nSPS) is 11.7. The van der Waals surface area contributed by atoms with Crippen molar-refractivity contribution in [3.8, 4) is 5.75 Å². The molecule has 0 radical (unpaired) electrons. The van der Waals surface area contributed by atoms with Crippen molar-refractivity contribution >= 4 is 12.1 Å². The first-order valence-corrected chi connectivity index (χ1v) is 7.66. The van der Waals surface area contributed by atoms with Crippen molar-refractivity contribution in [2.75, 3.05) is 0 Å². The van der Waals surface area contributed by atoms with Crippen LogP contribution in [0.1, 0.15) is 11.1 Å². The molecular weight excluding hydrogens is 348 g/mol. The number of nitrogens with one attached hydrogen (secondary N) is 1. The molecule has 0 aliphatic rings. The van der Waals surface area contributed by atoms with Gasteiger partial charge in [-0.05, 0) is 29.7 Å². The van der Waals surface area contributed by atoms with Gasteiger partial charge in [0.15, 0.2) is 0 Å². The second kappa shape index (κ2) is 9.36. The standard InChI is InChI=1S/C18H17F2NO5/c19-17(20)26-14-8-6-12(7-9-14)10-15(16(22)23)21-18(24)25-11-13-4-2-1-3-5-13/h1-9,15,17H,10-11H2,(H,21,24)(H,22,23)/p-1. The van der Waals surface area contributed by atoms with Gasteiger partial charge >= 0.3 is 12.7 Å². The Morgan fingerprint density at radius 2 is 1.65 bits per heavy atom. The van der Waals surface area contributed by atoms with E-state index < -0.39 is 24.7 Å². The van der Waals surface area contributed by atoms with Crippen LogP contribution in [0.4, 0.5) is 13.6 Å². The third kappa shape index (κ3) is 6.39. The van der Waals surface area contributed by atoms with Crippen molar-refractivity contribution < 1.29 is 33.0 Å². The smallest absolute Gasteiger partial charge is 0.408 e. The summed E-state index contributed by atoms with van der Waals surface area (Å²) >= 11 is 0. The molecule has 6 nitrogen and oxygen atoms in total. The lowest BCUT2D eigenvalue weighted by Crippen LogP contribution is -2.49. The zero-order valence-electron chi connectivity index (χ0n) is 13.6. The molecule has 0 spiro atoms. The number of alkyl carbamates (subject to hydrolysis) is 1. The molecule has 0 aliphatic carbocycles. The van der Waals surface area contributed by atoms with Gasteiger partial charge in [-0.15, -0.1) is 0 Å². The molecule has 1 amide bonds. The Balaban J connectivity index is 1.89. The van der Waals surface area contributed by atoms with Gasteiger partial charge in [0.2, 0.25) is 0 Å². The Bertz CT molecular complexity index is 722. The van der Waals surface area contributed by atoms with Crippen LogP contribution in [0, 0.1) is 0 Å². The summed E-state index contributed by atoms with van der Waals surface area (Å²) in [7, 11) is 0. The molecular formula is C18H16F2NO5-. The molecule has 1 atom stereocenters. The summed E-state index contributed by atoms with van der Waals surface area (Å²) in [6.07, 6.45) is -1.00. The zero-order chi connectivity index (χ0) is 18.9. The highest BCUT2D eigenvalue weighted by atomic mass is 19.3. The van der Waals surface area contributed by atoms with Crippen molar-refractivity contribution in [2.45, 2.75) is 25.7 Å². The van der Waals surface area contributed by atoms with Crippen molar-refractivity contribution in [2.24, 2.45) is 0 Å². The second-order valence-corrected chi connectivity index (χ2v) is 5.30. The molecule has 1 unspecified atom stereocenters. The summed E-state index contributed by atoms with van der Waals surface area (Å²) in [6.45, 7) is -2.95. The topological polar surface area (TPSA) is 87.7 Å². The predicted molar refractivity (Wildman–Crippen MR) is 85.3 cm³/mol. The molecule has 0 aliphatic heterocycles. The molecule has 0 bridgehead atoms. The van der Waals surface area contributed by atoms with E-state index in [4.69, 9.17) is 4.74 Å². The number of halogens is 2. The van der Waals surface area contributed by atoms with E-state index in [0.717, 1.165) is 5.56 Å². The van der Waals surface area contributed by atoms with Crippen LogP contribution in [-0.4, -0.2) is 24.7 Å². The van der Waals surface area contributed by atoms with Crippen LogP contribution in [0.3, 0.4) is 0 Å². The lowest BCUT2D eigenvalue weighted by Gasteiger charge is -2.19. The summed E-state index contributed by atoms with van der Waals surface area (Å²) in [4.78, 5) is 23.0. The van der Waals surface area contributed by atoms with Crippen LogP contribution in [0.25, 0.3) is 0 Å². The predicted octanol–water partition coefficient (Wildman–Crippen LogP) is 1.88. The van der Waals surface area contributed by atoms with Crippen molar-refractivity contribution in [1.29, 1.82) is 0 Å². The van der Waals surface area contributed by atoms with Gasteiger partial charge in [0.1, 0.15) is 12.4 Å². The summed E-state index contributed by atoms with van der Waals surface area (Å²) in [6, 6.07) is 13.0. The molecule has 138 valence electrons. The molecule has 8 heteroatoms. The number of aliphatic carboxylic acids is 1. The van der Waals surface area contributed by atoms with Crippen molar-refractivity contribution in [3.05, 3.63) is 65.7 Å². The average molecular weight is 364 g/mol. The van der Waals surface area contributed by atoms with Gasteiger partial charge in [-0.1, -0.05) is 42.5 Å². The molecule has 26 heavy (non-hydrogen) atoms. The first-order chi connectivity index (χ1) is 12.4. The van der Waals surface area contributed by atoms with E-state index in [9.17, 15) is 23.5 Å². The number of alkyl halides is 2. The number of carboxylic acid groups (broad SMARTS) is 1. The number of amides is 1. The van der Waals surface area contributed by atoms with Gasteiger partial charge in [-0.3, -0.25) is 0 Å². The lowest BCUT2D eigenvalue weighted by molar-refractivity contribution is -0.308. The maximum Gasteiger partial charge on any atom is 0.408 e. The van der Waals surface area contributed by atoms with E-state index in [0.29, 0.717) is 5.56 Å². The van der Waals surface area contributed by atoms with Gasteiger partial charge in [0.05, 0.1) is 12.0 Å². The Labute approximate surface area is 148 Å². The largest absolute Gasteiger partial charge is 0.548 e. The Kier molecular flexibility index (Phi) is 6.90. The quantitative estimate of drug-likeness (QED) is 0.773. The van der Waals surface area contributed by atoms with Crippen LogP contribution in [0.15, 0.2) is 54.6 Å². The van der Waals surface area contributed by atoms with Gasteiger partial charge in [0.25, 0.3) is 0 Å². The van der Waals surface area contributed by atoms with E-state index in [1.165, 1.54) is 24.3 Å². The van der Waals surface area contributed by atoms with Crippen molar-refractivity contribution in [3.63, 3.8) is 0 Å². The monoisotopic (exact) mass is 364 g/mol. The third-order valence-electron chi connectivity index (χ3n) is 3.38. The number of hydrogen-bond donors (Lipinski definition) is 1. The fourth-order valence-corrected chi connectivity index (χ4v) is 2.14. The number of benzene rings is 2. The summed E-state index contributed by atoms with van der Waals surface area (Å²) in [5.41, 5.74) is 1.24. The summed E-state index contributed by atoms with van der Waals surface area (Å²) < 4.78 is 33.4. The zero-order valence-corrected chi connectivity index (χ0v) is 13.6. The van der Waals surface area contributed by atoms with Crippen LogP contribution in [0.2, 0.25) is 0 Å². The number of hydrogen-bond acceptors (Lipinski definition) is 5. The summed E-state index contributed by atoms with van der Waals surface area (Å²) in [5, 5.41) is 13.4. The minimum atomic E-state index is -2.95. The Morgan fingerprint density at radius 3 is 2.23 bits per heavy atom. The number of ether oxygens (including phenoxy) is 2. The maximum absolute atomic E-state index is 12.1. The Morgan fingerprint density at radius 1 is 1.00 bits per heavy atom. The highest BCUT2D eigenvalue weighted by Crippen LogP contribution is 2.16. The minimum Gasteiger partial charge on any atom is -0.548 e. The molecule has 0 heterocycles. The number of carboxylic acids is 1. The molecule has 0 aromatic heterocycles. The molecule has 1 N–H and O–H groups in total. The van der Waals surface area contributed by atoms with Crippen LogP contribution < -0.4 is 15.2 Å². The van der Waals surface area contributed by atoms with E-state index in [1.54, 1.807) is 24.3 Å². The number of rotatable bonds is 8. The van der Waals surface area contributed by atoms with E-state index in [-0.39, 0.29) is 18.8 Å². The first-order valence-electron chi connectivity index (χ1n) is 7.66. The van der Waals surface area contributed by atoms with Gasteiger partial charge in [-0.25, -0.2) is 4.79 Å². The van der Waals surface area contributed by atoms with E-state index >= 15 is 0 Å².